The Kier molecular flexibility index (Phi) is 6.96. The maximum atomic E-state index is 13.1. The quantitative estimate of drug-likeness (QED) is 0.582. The average Bonchev–Trinajstić information content (AvgIpc) is 2.95. The second-order valence-corrected chi connectivity index (χ2v) is 8.93. The van der Waals surface area contributed by atoms with E-state index in [1.807, 2.05) is 4.90 Å². The zero-order valence-corrected chi connectivity index (χ0v) is 17.2. The lowest BCUT2D eigenvalue weighted by Gasteiger charge is -2.38. The van der Waals surface area contributed by atoms with Gasteiger partial charge >= 0.3 is 5.97 Å². The number of hydrogen-bond donors (Lipinski definition) is 1. The normalized spacial score (nSPS) is 24.6. The lowest BCUT2D eigenvalue weighted by molar-refractivity contribution is -0.162. The van der Waals surface area contributed by atoms with Gasteiger partial charge in [-0.1, -0.05) is 25.7 Å². The lowest BCUT2D eigenvalue weighted by Crippen LogP contribution is -2.51. The zero-order chi connectivity index (χ0) is 20.1. The van der Waals surface area contributed by atoms with E-state index in [1.54, 1.807) is 4.90 Å². The lowest BCUT2D eigenvalue weighted by atomic mass is 9.78. The van der Waals surface area contributed by atoms with Crippen LogP contribution in [-0.2, 0) is 14.4 Å². The summed E-state index contributed by atoms with van der Waals surface area (Å²) >= 11 is 0. The van der Waals surface area contributed by atoms with Crippen LogP contribution in [0.1, 0.15) is 57.8 Å². The third-order valence-electron chi connectivity index (χ3n) is 7.00. The fourth-order valence-corrected chi connectivity index (χ4v) is 4.93. The molecule has 0 bridgehead atoms. The minimum atomic E-state index is -1.22. The summed E-state index contributed by atoms with van der Waals surface area (Å²) in [6.45, 7) is 4.61. The van der Waals surface area contributed by atoms with Crippen molar-refractivity contribution >= 4 is 17.8 Å². The van der Waals surface area contributed by atoms with Crippen LogP contribution in [0.15, 0.2) is 0 Å². The Morgan fingerprint density at radius 3 is 1.96 bits per heavy atom. The number of carboxylic acids is 1. The van der Waals surface area contributed by atoms with Crippen LogP contribution >= 0.6 is 0 Å². The molecule has 1 N–H and O–H groups in total. The summed E-state index contributed by atoms with van der Waals surface area (Å²) < 4.78 is 0. The third-order valence-corrected chi connectivity index (χ3v) is 7.00. The van der Waals surface area contributed by atoms with Gasteiger partial charge in [-0.25, -0.2) is 0 Å². The second kappa shape index (κ2) is 9.25. The molecule has 0 aromatic rings. The molecule has 3 fully saturated rings. The van der Waals surface area contributed by atoms with E-state index in [-0.39, 0.29) is 11.8 Å². The second-order valence-electron chi connectivity index (χ2n) is 8.93. The van der Waals surface area contributed by atoms with E-state index in [4.69, 9.17) is 0 Å². The fourth-order valence-electron chi connectivity index (χ4n) is 4.93. The highest BCUT2D eigenvalue weighted by Gasteiger charge is 2.48. The molecule has 0 unspecified atom stereocenters. The molecule has 0 aromatic carbocycles. The summed E-state index contributed by atoms with van der Waals surface area (Å²) in [6.07, 6.45) is 6.71. The van der Waals surface area contributed by atoms with E-state index in [2.05, 4.69) is 11.9 Å². The summed E-state index contributed by atoms with van der Waals surface area (Å²) in [6, 6.07) is 0. The summed E-state index contributed by atoms with van der Waals surface area (Å²) in [5.74, 6) is -0.618. The number of aliphatic carboxylic acids is 1. The molecule has 1 aliphatic carbocycles. The van der Waals surface area contributed by atoms with E-state index in [0.29, 0.717) is 38.3 Å². The molecular formula is C21H35N3O4. The van der Waals surface area contributed by atoms with Gasteiger partial charge in [0, 0.05) is 45.7 Å². The van der Waals surface area contributed by atoms with Crippen LogP contribution in [0.3, 0.4) is 0 Å². The predicted molar refractivity (Wildman–Crippen MR) is 106 cm³/mol. The first-order valence-electron chi connectivity index (χ1n) is 10.9. The molecule has 2 saturated heterocycles. The smallest absolute Gasteiger partial charge is 0.319 e. The van der Waals surface area contributed by atoms with Gasteiger partial charge in [-0.2, -0.15) is 0 Å². The number of likely N-dealkylation sites (tertiary alicyclic amines) is 1. The molecule has 7 heteroatoms. The highest BCUT2D eigenvalue weighted by molar-refractivity contribution is 6.02. The minimum absolute atomic E-state index is 0.189. The van der Waals surface area contributed by atoms with Crippen LogP contribution in [0.2, 0.25) is 0 Å². The number of piperidine rings is 1. The fraction of sp³-hybridized carbons (Fsp3) is 0.857. The zero-order valence-electron chi connectivity index (χ0n) is 17.2. The maximum absolute atomic E-state index is 13.1. The Bertz CT molecular complexity index is 570. The topological polar surface area (TPSA) is 81.2 Å². The van der Waals surface area contributed by atoms with E-state index >= 15 is 0 Å². The first kappa shape index (κ1) is 21.1. The summed E-state index contributed by atoms with van der Waals surface area (Å²) in [5, 5.41) is 9.85. The molecule has 0 aromatic heterocycles. The summed E-state index contributed by atoms with van der Waals surface area (Å²) in [4.78, 5) is 43.7. The van der Waals surface area contributed by atoms with Gasteiger partial charge in [0.15, 0.2) is 0 Å². The number of piperazine rings is 1. The van der Waals surface area contributed by atoms with Gasteiger partial charge in [-0.05, 0) is 38.6 Å². The number of likely N-dealkylation sites (N-methyl/N-ethyl adjacent to an activating group) is 1. The predicted octanol–water partition coefficient (Wildman–Crippen LogP) is 1.81. The van der Waals surface area contributed by atoms with E-state index in [9.17, 15) is 19.5 Å². The molecule has 3 rings (SSSR count). The number of hydrogen-bond acceptors (Lipinski definition) is 4. The number of carbonyl (C=O) groups is 3. The van der Waals surface area contributed by atoms with Crippen molar-refractivity contribution in [3.8, 4) is 0 Å². The summed E-state index contributed by atoms with van der Waals surface area (Å²) in [5.41, 5.74) is -1.22. The number of carboxylic acid groups (broad SMARTS) is 1. The van der Waals surface area contributed by atoms with Gasteiger partial charge in [0.1, 0.15) is 5.41 Å². The molecule has 7 nitrogen and oxygen atoms in total. The number of carbonyl (C=O) groups excluding carboxylic acids is 2. The highest BCUT2D eigenvalue weighted by atomic mass is 16.4. The first-order chi connectivity index (χ1) is 13.4. The monoisotopic (exact) mass is 393 g/mol. The molecule has 2 amide bonds. The number of nitrogens with zero attached hydrogens (tertiary/aromatic N) is 3. The number of rotatable bonds is 4. The van der Waals surface area contributed by atoms with Crippen LogP contribution in [-0.4, -0.2) is 83.9 Å². The van der Waals surface area contributed by atoms with Gasteiger partial charge in [0.2, 0.25) is 11.8 Å². The Morgan fingerprint density at radius 1 is 0.857 bits per heavy atom. The van der Waals surface area contributed by atoms with Crippen molar-refractivity contribution in [2.45, 2.75) is 57.8 Å². The van der Waals surface area contributed by atoms with Crippen LogP contribution < -0.4 is 0 Å². The molecule has 158 valence electrons. The molecular weight excluding hydrogens is 358 g/mol. The van der Waals surface area contributed by atoms with Gasteiger partial charge in [0.25, 0.3) is 0 Å². The SMILES string of the molecule is CN1CCN(C(=O)CC2CCN(C(=O)C3(C(=O)O)CCCCCC3)CC2)CC1. The van der Waals surface area contributed by atoms with Crippen molar-refractivity contribution in [3.63, 3.8) is 0 Å². The molecule has 2 heterocycles. The van der Waals surface area contributed by atoms with Crippen molar-refractivity contribution in [2.75, 3.05) is 46.3 Å². The Labute approximate surface area is 168 Å². The van der Waals surface area contributed by atoms with Crippen LogP contribution in [0.5, 0.6) is 0 Å². The van der Waals surface area contributed by atoms with Crippen LogP contribution in [0.25, 0.3) is 0 Å². The Balaban J connectivity index is 1.52. The van der Waals surface area contributed by atoms with Crippen LogP contribution in [0.4, 0.5) is 0 Å². The summed E-state index contributed by atoms with van der Waals surface area (Å²) in [7, 11) is 2.08. The standard InChI is InChI=1S/C21H35N3O4/c1-22-12-14-23(15-13-22)18(25)16-17-6-10-24(11-7-17)19(26)21(20(27)28)8-4-2-3-5-9-21/h17H,2-16H2,1H3,(H,27,28). The Hall–Kier alpha value is -1.63. The average molecular weight is 394 g/mol. The van der Waals surface area contributed by atoms with Gasteiger partial charge < -0.3 is 19.8 Å². The molecule has 0 spiro atoms. The number of amides is 2. The molecule has 28 heavy (non-hydrogen) atoms. The molecule has 0 atom stereocenters. The van der Waals surface area contributed by atoms with Crippen molar-refractivity contribution in [3.05, 3.63) is 0 Å². The van der Waals surface area contributed by atoms with Crippen molar-refractivity contribution < 1.29 is 19.5 Å². The van der Waals surface area contributed by atoms with Gasteiger partial charge in [0.05, 0.1) is 0 Å². The molecule has 2 aliphatic heterocycles. The van der Waals surface area contributed by atoms with Gasteiger partial charge in [-0.3, -0.25) is 14.4 Å². The van der Waals surface area contributed by atoms with Gasteiger partial charge in [-0.15, -0.1) is 0 Å². The van der Waals surface area contributed by atoms with Crippen LogP contribution in [0, 0.1) is 11.3 Å². The van der Waals surface area contributed by atoms with E-state index in [0.717, 1.165) is 64.7 Å². The largest absolute Gasteiger partial charge is 0.480 e. The third kappa shape index (κ3) is 4.67. The van der Waals surface area contributed by atoms with Crippen molar-refractivity contribution in [2.24, 2.45) is 11.3 Å². The highest BCUT2D eigenvalue weighted by Crippen LogP contribution is 2.38. The van der Waals surface area contributed by atoms with E-state index in [1.165, 1.54) is 0 Å². The molecule has 3 aliphatic rings. The van der Waals surface area contributed by atoms with E-state index < -0.39 is 11.4 Å². The molecule has 0 radical (unpaired) electrons. The van der Waals surface area contributed by atoms with Crippen molar-refractivity contribution in [1.29, 1.82) is 0 Å². The van der Waals surface area contributed by atoms with Crippen molar-refractivity contribution in [1.82, 2.24) is 14.7 Å². The first-order valence-corrected chi connectivity index (χ1v) is 10.9. The molecule has 1 saturated carbocycles. The maximum Gasteiger partial charge on any atom is 0.319 e. The Morgan fingerprint density at radius 2 is 1.43 bits per heavy atom. The minimum Gasteiger partial charge on any atom is -0.480 e.